The molecule has 1 N–H and O–H groups in total. The van der Waals surface area contributed by atoms with Crippen molar-refractivity contribution in [2.45, 2.75) is 0 Å². The van der Waals surface area contributed by atoms with Crippen molar-refractivity contribution in [2.24, 2.45) is 0 Å². The van der Waals surface area contributed by atoms with Crippen LogP contribution in [0.3, 0.4) is 0 Å². The average molecular weight is 504 g/mol. The maximum Gasteiger partial charge on any atom is 0.264 e. The molecule has 1 aliphatic heterocycles. The average Bonchev–Trinajstić information content (AvgIpc) is 3.42. The molecule has 0 spiro atoms. The predicted octanol–water partition coefficient (Wildman–Crippen LogP) is 5.16. The molecule has 182 valence electrons. The summed E-state index contributed by atoms with van der Waals surface area (Å²) in [5, 5.41) is 3.00. The fourth-order valence-corrected chi connectivity index (χ4v) is 5.31. The van der Waals surface area contributed by atoms with Gasteiger partial charge < -0.3 is 10.2 Å². The summed E-state index contributed by atoms with van der Waals surface area (Å²) in [4.78, 5) is 26.8. The first-order valence-corrected chi connectivity index (χ1v) is 13.2. The van der Waals surface area contributed by atoms with Crippen molar-refractivity contribution >= 4 is 44.5 Å². The van der Waals surface area contributed by atoms with Gasteiger partial charge in [0, 0.05) is 50.2 Å². The molecule has 4 aromatic rings. The van der Waals surface area contributed by atoms with Crippen molar-refractivity contribution < 1.29 is 4.79 Å². The van der Waals surface area contributed by atoms with Crippen LogP contribution in [-0.2, 0) is 4.79 Å². The first kappa shape index (κ1) is 23.2. The fourth-order valence-electron chi connectivity index (χ4n) is 4.65. The molecule has 0 saturated carbocycles. The van der Waals surface area contributed by atoms with E-state index in [0.717, 1.165) is 71.2 Å². The minimum absolute atomic E-state index is 0.202. The van der Waals surface area contributed by atoms with Crippen LogP contribution in [0.15, 0.2) is 107 Å². The maximum atomic E-state index is 13.2. The van der Waals surface area contributed by atoms with E-state index in [4.69, 9.17) is 0 Å². The van der Waals surface area contributed by atoms with Crippen molar-refractivity contribution in [2.75, 3.05) is 42.9 Å². The molecule has 2 aromatic heterocycles. The second-order valence-electron chi connectivity index (χ2n) is 9.01. The molecule has 2 aliphatic rings. The van der Waals surface area contributed by atoms with E-state index in [1.54, 1.807) is 11.3 Å². The molecule has 6 nitrogen and oxygen atoms in total. The van der Waals surface area contributed by atoms with Crippen LogP contribution in [0.1, 0.15) is 5.56 Å². The number of hydrogen-bond acceptors (Lipinski definition) is 6. The van der Waals surface area contributed by atoms with Crippen LogP contribution in [0.25, 0.3) is 15.8 Å². The molecular weight excluding hydrogens is 478 g/mol. The van der Waals surface area contributed by atoms with Gasteiger partial charge in [-0.25, -0.2) is 9.97 Å². The van der Waals surface area contributed by atoms with Crippen LogP contribution in [0, 0.1) is 0 Å². The van der Waals surface area contributed by atoms with Gasteiger partial charge in [-0.1, -0.05) is 47.9 Å². The van der Waals surface area contributed by atoms with E-state index in [0.29, 0.717) is 5.57 Å². The number of pyridine rings is 1. The van der Waals surface area contributed by atoms with Gasteiger partial charge in [0.05, 0.1) is 21.3 Å². The second-order valence-corrected chi connectivity index (χ2v) is 9.90. The Balaban J connectivity index is 1.22. The summed E-state index contributed by atoms with van der Waals surface area (Å²) in [5.41, 5.74) is 13.4. The number of carbonyl (C=O) groups is 1. The van der Waals surface area contributed by atoms with Crippen molar-refractivity contribution in [1.29, 1.82) is 0 Å². The summed E-state index contributed by atoms with van der Waals surface area (Å²) in [6, 6.07) is 22.0. The van der Waals surface area contributed by atoms with Crippen LogP contribution in [-0.4, -0.2) is 53.5 Å². The topological polar surface area (TPSA) is 61.4 Å². The standard InChI is InChI=1S/C30H25N5OS/c36-30(33-25-10-12-28-27(19-25)32-21-37-28)23-9-11-26(22-6-2-1-3-7-22)24(18-23)20-34-14-16-35(17-15-34)29-8-4-5-13-31-29/h1-8,10,12-13,18-19,21H,14-17,20H2,(H,33,36). The molecule has 37 heavy (non-hydrogen) atoms. The third-order valence-corrected chi connectivity index (χ3v) is 7.41. The quantitative estimate of drug-likeness (QED) is 0.369. The molecule has 3 heterocycles. The lowest BCUT2D eigenvalue weighted by Crippen LogP contribution is -2.47. The highest BCUT2D eigenvalue weighted by molar-refractivity contribution is 7.16. The number of nitrogens with zero attached hydrogens (tertiary/aromatic N) is 4. The molecule has 1 amide bonds. The van der Waals surface area contributed by atoms with Crippen LogP contribution < -0.4 is 10.2 Å². The van der Waals surface area contributed by atoms with Crippen LogP contribution in [0.2, 0.25) is 0 Å². The highest BCUT2D eigenvalue weighted by atomic mass is 32.1. The van der Waals surface area contributed by atoms with Gasteiger partial charge in [-0.3, -0.25) is 9.69 Å². The largest absolute Gasteiger partial charge is 0.354 e. The highest BCUT2D eigenvalue weighted by Crippen LogP contribution is 2.28. The van der Waals surface area contributed by atoms with Gasteiger partial charge in [-0.05, 0) is 47.5 Å². The summed E-state index contributed by atoms with van der Waals surface area (Å²) in [6.45, 7) is 4.38. The number of hydrogen-bond donors (Lipinski definition) is 1. The van der Waals surface area contributed by atoms with Crippen LogP contribution in [0.4, 0.5) is 11.5 Å². The number of amides is 1. The van der Waals surface area contributed by atoms with Gasteiger partial charge in [0.1, 0.15) is 5.82 Å². The summed E-state index contributed by atoms with van der Waals surface area (Å²) in [7, 11) is 0. The molecule has 0 atom stereocenters. The van der Waals surface area contributed by atoms with Crippen molar-refractivity contribution in [3.8, 4) is 0 Å². The Morgan fingerprint density at radius 3 is 2.59 bits per heavy atom. The zero-order valence-electron chi connectivity index (χ0n) is 20.2. The number of piperazine rings is 1. The minimum Gasteiger partial charge on any atom is -0.354 e. The Morgan fingerprint density at radius 2 is 1.78 bits per heavy atom. The number of rotatable bonds is 6. The van der Waals surface area contributed by atoms with Gasteiger partial charge in [0.25, 0.3) is 5.91 Å². The highest BCUT2D eigenvalue weighted by Gasteiger charge is 2.22. The Morgan fingerprint density at radius 1 is 0.946 bits per heavy atom. The van der Waals surface area contributed by atoms with Crippen molar-refractivity contribution in [3.63, 3.8) is 0 Å². The monoisotopic (exact) mass is 503 g/mol. The number of anilines is 2. The number of benzene rings is 2. The molecule has 1 saturated heterocycles. The maximum absolute atomic E-state index is 13.2. The number of aromatic nitrogens is 2. The summed E-state index contributed by atoms with van der Waals surface area (Å²) in [6.07, 6.45) is 3.80. The number of fused-ring (bicyclic) bond motifs is 1. The molecule has 1 aliphatic carbocycles. The molecule has 6 rings (SSSR count). The Hall–Kier alpha value is -4.25. The summed E-state index contributed by atoms with van der Waals surface area (Å²) in [5.74, 6) is 0.816. The Kier molecular flexibility index (Phi) is 6.51. The molecule has 0 bridgehead atoms. The molecule has 7 heteroatoms. The molecule has 2 aromatic carbocycles. The van der Waals surface area contributed by atoms with E-state index in [1.807, 2.05) is 66.3 Å². The van der Waals surface area contributed by atoms with Crippen LogP contribution in [0.5, 0.6) is 0 Å². The molecule has 0 unspecified atom stereocenters. The van der Waals surface area contributed by atoms with E-state index in [-0.39, 0.29) is 5.91 Å². The third-order valence-electron chi connectivity index (χ3n) is 6.60. The molecule has 1 fully saturated rings. The summed E-state index contributed by atoms with van der Waals surface area (Å²) < 4.78 is 1.09. The van der Waals surface area contributed by atoms with E-state index in [9.17, 15) is 4.79 Å². The van der Waals surface area contributed by atoms with E-state index in [2.05, 4.69) is 54.7 Å². The van der Waals surface area contributed by atoms with Gasteiger partial charge >= 0.3 is 0 Å². The zero-order valence-corrected chi connectivity index (χ0v) is 21.0. The van der Waals surface area contributed by atoms with E-state index < -0.39 is 0 Å². The fraction of sp³-hybridized carbons (Fsp3) is 0.167. The van der Waals surface area contributed by atoms with Crippen molar-refractivity contribution in [3.05, 3.63) is 113 Å². The van der Waals surface area contributed by atoms with E-state index >= 15 is 0 Å². The van der Waals surface area contributed by atoms with Gasteiger partial charge in [0.2, 0.25) is 0 Å². The number of thiazole rings is 1. The lowest BCUT2D eigenvalue weighted by molar-refractivity contribution is -0.112. The summed E-state index contributed by atoms with van der Waals surface area (Å²) >= 11 is 1.58. The number of carbonyl (C=O) groups excluding carboxylic acids is 1. The third kappa shape index (κ3) is 5.17. The first-order chi connectivity index (χ1) is 18.2. The molecule has 0 radical (unpaired) electrons. The lowest BCUT2D eigenvalue weighted by Gasteiger charge is -2.36. The Bertz CT molecular complexity index is 1570. The van der Waals surface area contributed by atoms with Gasteiger partial charge in [-0.15, -0.1) is 11.3 Å². The van der Waals surface area contributed by atoms with Crippen molar-refractivity contribution in [1.82, 2.24) is 14.9 Å². The van der Waals surface area contributed by atoms with Gasteiger partial charge in [-0.2, -0.15) is 0 Å². The smallest absolute Gasteiger partial charge is 0.264 e. The zero-order chi connectivity index (χ0) is 25.0. The molecular formula is C30H25N5OS. The second kappa shape index (κ2) is 10.4. The normalized spacial score (nSPS) is 15.8. The van der Waals surface area contributed by atoms with E-state index in [1.165, 1.54) is 0 Å². The SMILES string of the molecule is O=C(Nc1ccc2scnc2c1)C1=C=C=C(c2ccccc2)C(CN2CCN(c3ccccn3)CC2)=C1. The number of nitrogens with one attached hydrogen (secondary N) is 1. The predicted molar refractivity (Wildman–Crippen MR) is 150 cm³/mol. The van der Waals surface area contributed by atoms with Crippen LogP contribution >= 0.6 is 11.3 Å². The van der Waals surface area contributed by atoms with Gasteiger partial charge in [0.15, 0.2) is 0 Å². The lowest BCUT2D eigenvalue weighted by atomic mass is 9.93. The Labute approximate surface area is 219 Å². The first-order valence-electron chi connectivity index (χ1n) is 12.3. The minimum atomic E-state index is -0.202.